The minimum atomic E-state index is 0.651. The topological polar surface area (TPSA) is 62.5 Å². The Morgan fingerprint density at radius 3 is 0.827 bits per heavy atom. The maximum absolute atomic E-state index is 9.40. The minimum absolute atomic E-state index is 0.651. The fourth-order valence-corrected chi connectivity index (χ4v) is 14.9. The average molecular weight is 1320 g/mol. The summed E-state index contributed by atoms with van der Waals surface area (Å²) < 4.78 is 0. The van der Waals surface area contributed by atoms with E-state index in [1.807, 2.05) is 36.4 Å². The van der Waals surface area contributed by atoms with Crippen molar-refractivity contribution in [2.75, 3.05) is 0 Å². The van der Waals surface area contributed by atoms with Gasteiger partial charge in [-0.05, 0) is 148 Å². The van der Waals surface area contributed by atoms with Crippen molar-refractivity contribution in [3.05, 3.63) is 394 Å². The largest absolute Gasteiger partial charge is 0.247 e. The zero-order chi connectivity index (χ0) is 69.3. The zero-order valence-electron chi connectivity index (χ0n) is 56.7. The van der Waals surface area contributed by atoms with Gasteiger partial charge in [0.05, 0.1) is 45.3 Å². The second kappa shape index (κ2) is 27.3. The fraction of sp³-hybridized carbons (Fsp3) is 0. The van der Waals surface area contributed by atoms with Crippen molar-refractivity contribution in [1.29, 1.82) is 5.26 Å². The number of rotatable bonds is 11. The molecule has 0 unspecified atom stereocenters. The molecule has 19 rings (SSSR count). The number of para-hydroxylation sites is 1. The Hall–Kier alpha value is -14.0. The van der Waals surface area contributed by atoms with Gasteiger partial charge in [-0.3, -0.25) is 0 Å². The van der Waals surface area contributed by atoms with Crippen LogP contribution in [-0.2, 0) is 0 Å². The minimum Gasteiger partial charge on any atom is -0.247 e. The van der Waals surface area contributed by atoms with E-state index in [1.165, 1.54) is 66.2 Å². The molecule has 0 aliphatic carbocycles. The number of fused-ring (bicyclic) bond motifs is 9. The van der Waals surface area contributed by atoms with Crippen molar-refractivity contribution < 1.29 is 0 Å². The number of aromatic nitrogens is 3. The highest BCUT2D eigenvalue weighted by molar-refractivity contribution is 6.18. The molecule has 0 saturated heterocycles. The van der Waals surface area contributed by atoms with Crippen LogP contribution in [0.1, 0.15) is 5.56 Å². The SMILES string of the molecule is N#Cc1ccc(-c2cc3c(-c4ccc(-c5ccccc5)cc4)cc(-c4ccc(-c5ccccc5)cc4)nc3c3ccccc23)cc1.c1ccc(-c2ccc(-c3cc(-c4ccc(-c5ccccc5)cc4)c4cc(-c5ccc(-c6nc7ccccc7c7ccccc67)cc5)c5ccccc5c4n3)cc2)cc1. The second-order valence-corrected chi connectivity index (χ2v) is 26.4. The van der Waals surface area contributed by atoms with Gasteiger partial charge >= 0.3 is 0 Å². The van der Waals surface area contributed by atoms with Gasteiger partial charge in [-0.15, -0.1) is 0 Å². The molecule has 104 heavy (non-hydrogen) atoms. The van der Waals surface area contributed by atoms with E-state index in [1.54, 1.807) is 0 Å². The first kappa shape index (κ1) is 62.3. The summed E-state index contributed by atoms with van der Waals surface area (Å²) in [5.74, 6) is 0. The molecular formula is C100H64N4. The molecule has 0 radical (unpaired) electrons. The van der Waals surface area contributed by atoms with Crippen LogP contribution in [0.25, 0.3) is 188 Å². The summed E-state index contributed by atoms with van der Waals surface area (Å²) in [7, 11) is 0. The molecule has 4 heteroatoms. The van der Waals surface area contributed by atoms with Gasteiger partial charge in [0, 0.05) is 49.0 Å². The Bertz CT molecular complexity index is 6430. The molecule has 0 aliphatic heterocycles. The smallest absolute Gasteiger partial charge is 0.0991 e. The van der Waals surface area contributed by atoms with Crippen LogP contribution in [0.4, 0.5) is 0 Å². The van der Waals surface area contributed by atoms with E-state index in [0.717, 1.165) is 122 Å². The van der Waals surface area contributed by atoms with Gasteiger partial charge in [0.15, 0.2) is 0 Å². The Kier molecular flexibility index (Phi) is 16.3. The summed E-state index contributed by atoms with van der Waals surface area (Å²) in [6.45, 7) is 0. The molecular weight excluding hydrogens is 1260 g/mol. The van der Waals surface area contributed by atoms with Crippen LogP contribution in [0.15, 0.2) is 388 Å². The molecule has 0 saturated carbocycles. The third kappa shape index (κ3) is 12.0. The highest BCUT2D eigenvalue weighted by atomic mass is 14.7. The van der Waals surface area contributed by atoms with E-state index in [2.05, 4.69) is 358 Å². The molecule has 19 aromatic rings. The summed E-state index contributed by atoms with van der Waals surface area (Å²) in [6, 6.07) is 140. The highest BCUT2D eigenvalue weighted by Crippen LogP contribution is 2.45. The van der Waals surface area contributed by atoms with Crippen molar-refractivity contribution in [3.63, 3.8) is 0 Å². The van der Waals surface area contributed by atoms with Crippen LogP contribution in [0, 0.1) is 11.3 Å². The molecule has 0 bridgehead atoms. The van der Waals surface area contributed by atoms with Crippen molar-refractivity contribution in [3.8, 4) is 129 Å². The summed E-state index contributed by atoms with van der Waals surface area (Å²) in [5, 5.41) is 19.7. The lowest BCUT2D eigenvalue weighted by Crippen LogP contribution is -1.94. The Labute approximate surface area is 604 Å². The average Bonchev–Trinajstić information content (AvgIpc) is 0.769. The first-order valence-electron chi connectivity index (χ1n) is 35.3. The van der Waals surface area contributed by atoms with Crippen LogP contribution in [-0.4, -0.2) is 15.0 Å². The van der Waals surface area contributed by atoms with E-state index in [4.69, 9.17) is 15.0 Å². The molecule has 0 fully saturated rings. The van der Waals surface area contributed by atoms with Gasteiger partial charge in [0.25, 0.3) is 0 Å². The molecule has 3 aromatic heterocycles. The maximum atomic E-state index is 9.40. The van der Waals surface area contributed by atoms with Crippen molar-refractivity contribution in [2.45, 2.75) is 0 Å². The van der Waals surface area contributed by atoms with Gasteiger partial charge in [-0.1, -0.05) is 346 Å². The summed E-state index contributed by atoms with van der Waals surface area (Å²) in [6.07, 6.45) is 0. The highest BCUT2D eigenvalue weighted by Gasteiger charge is 2.20. The molecule has 16 aromatic carbocycles. The molecule has 0 aliphatic rings. The van der Waals surface area contributed by atoms with Crippen molar-refractivity contribution in [1.82, 2.24) is 15.0 Å². The summed E-state index contributed by atoms with van der Waals surface area (Å²) in [5.41, 5.74) is 28.4. The third-order valence-electron chi connectivity index (χ3n) is 20.2. The van der Waals surface area contributed by atoms with Crippen molar-refractivity contribution in [2.24, 2.45) is 0 Å². The number of hydrogen-bond acceptors (Lipinski definition) is 4. The monoisotopic (exact) mass is 1320 g/mol. The zero-order valence-corrected chi connectivity index (χ0v) is 56.7. The third-order valence-corrected chi connectivity index (χ3v) is 20.2. The van der Waals surface area contributed by atoms with Crippen molar-refractivity contribution >= 4 is 65.0 Å². The Morgan fingerprint density at radius 1 is 0.183 bits per heavy atom. The van der Waals surface area contributed by atoms with Gasteiger partial charge < -0.3 is 0 Å². The van der Waals surface area contributed by atoms with Crippen LogP contribution in [0.5, 0.6) is 0 Å². The predicted molar refractivity (Wildman–Crippen MR) is 436 cm³/mol. The Morgan fingerprint density at radius 2 is 0.452 bits per heavy atom. The molecule has 0 atom stereocenters. The number of benzene rings is 16. The summed E-state index contributed by atoms with van der Waals surface area (Å²) in [4.78, 5) is 16.0. The number of hydrogen-bond donors (Lipinski definition) is 0. The second-order valence-electron chi connectivity index (χ2n) is 26.4. The van der Waals surface area contributed by atoms with Crippen LogP contribution in [0.3, 0.4) is 0 Å². The fourth-order valence-electron chi connectivity index (χ4n) is 14.9. The summed E-state index contributed by atoms with van der Waals surface area (Å²) >= 11 is 0. The molecule has 0 spiro atoms. The van der Waals surface area contributed by atoms with Gasteiger partial charge in [-0.2, -0.15) is 5.26 Å². The predicted octanol–water partition coefficient (Wildman–Crippen LogP) is 26.7. The van der Waals surface area contributed by atoms with E-state index in [0.29, 0.717) is 5.56 Å². The van der Waals surface area contributed by atoms with E-state index in [9.17, 15) is 5.26 Å². The van der Waals surface area contributed by atoms with Gasteiger partial charge in [0.2, 0.25) is 0 Å². The van der Waals surface area contributed by atoms with Crippen LogP contribution in [0.2, 0.25) is 0 Å². The first-order chi connectivity index (χ1) is 51.5. The van der Waals surface area contributed by atoms with Gasteiger partial charge in [0.1, 0.15) is 0 Å². The lowest BCUT2D eigenvalue weighted by atomic mass is 9.90. The molecule has 3 heterocycles. The van der Waals surface area contributed by atoms with E-state index in [-0.39, 0.29) is 0 Å². The lowest BCUT2D eigenvalue weighted by molar-refractivity contribution is 1.41. The lowest BCUT2D eigenvalue weighted by Gasteiger charge is -2.16. The normalized spacial score (nSPS) is 11.3. The molecule has 4 nitrogen and oxygen atoms in total. The first-order valence-corrected chi connectivity index (χ1v) is 35.3. The van der Waals surface area contributed by atoms with E-state index < -0.39 is 0 Å². The van der Waals surface area contributed by atoms with Crippen LogP contribution >= 0.6 is 0 Å². The van der Waals surface area contributed by atoms with Crippen LogP contribution < -0.4 is 0 Å². The maximum Gasteiger partial charge on any atom is 0.0991 e. The number of pyridine rings is 3. The standard InChI is InChI=1S/C56H36N2.C44H28N2/c1-3-13-37(14-4-1)39-23-27-42(28-24-39)51-36-54(43-31-25-40(26-32-43)38-15-5-2-6-16-38)58-56-49-21-10-8-18-46(49)50(35-52(51)56)41-29-33-44(34-30-41)55-48-20-9-7-17-45(48)47-19-11-12-22-53(47)57-55;45-29-30-15-17-35(18-16-30)40-27-42-41(36-23-19-33(20-24-36)31-9-3-1-4-10-31)28-43(46-44(42)39-14-8-7-13-38(39)40)37-25-21-34(22-26-37)32-11-5-2-6-12-32/h1-36H;1-28H. The number of nitrogens with zero attached hydrogens (tertiary/aromatic N) is 4. The molecule has 484 valence electrons. The Balaban J connectivity index is 0.000000152. The molecule has 0 amide bonds. The van der Waals surface area contributed by atoms with E-state index >= 15 is 0 Å². The number of nitriles is 1. The molecule has 0 N–H and O–H groups in total. The van der Waals surface area contributed by atoms with Gasteiger partial charge in [-0.25, -0.2) is 15.0 Å². The quantitative estimate of drug-likeness (QED) is 0.121.